The molecule has 15 heavy (non-hydrogen) atoms. The zero-order valence-corrected chi connectivity index (χ0v) is 9.83. The molecule has 1 saturated carbocycles. The molecule has 0 spiro atoms. The molecule has 4 nitrogen and oxygen atoms in total. The van der Waals surface area contributed by atoms with Crippen LogP contribution in [0.1, 0.15) is 33.1 Å². The first-order valence-electron chi connectivity index (χ1n) is 5.78. The summed E-state index contributed by atoms with van der Waals surface area (Å²) in [7, 11) is 0. The Morgan fingerprint density at radius 3 is 2.60 bits per heavy atom. The first-order valence-corrected chi connectivity index (χ1v) is 5.78. The molecule has 88 valence electrons. The van der Waals surface area contributed by atoms with Crippen LogP contribution < -0.4 is 5.73 Å². The second kappa shape index (κ2) is 6.08. The maximum atomic E-state index is 7.21. The van der Waals surface area contributed by atoms with Gasteiger partial charge in [-0.3, -0.25) is 10.3 Å². The lowest BCUT2D eigenvalue weighted by Gasteiger charge is -2.22. The van der Waals surface area contributed by atoms with Gasteiger partial charge in [-0.25, -0.2) is 0 Å². The minimum Gasteiger partial charge on any atom is -0.388 e. The third-order valence-corrected chi connectivity index (χ3v) is 2.56. The van der Waals surface area contributed by atoms with Crippen LogP contribution in [0.25, 0.3) is 0 Å². The summed E-state index contributed by atoms with van der Waals surface area (Å²) in [4.78, 5) is 2.39. The van der Waals surface area contributed by atoms with E-state index in [1.54, 1.807) is 0 Å². The summed E-state index contributed by atoms with van der Waals surface area (Å²) in [6.07, 6.45) is 3.57. The van der Waals surface area contributed by atoms with Crippen LogP contribution in [0.4, 0.5) is 0 Å². The molecule has 1 aliphatic carbocycles. The largest absolute Gasteiger partial charge is 0.388 e. The summed E-state index contributed by atoms with van der Waals surface area (Å²) in [5.41, 5.74) is 5.36. The smallest absolute Gasteiger partial charge is 0.0918 e. The van der Waals surface area contributed by atoms with Crippen molar-refractivity contribution >= 4 is 5.84 Å². The van der Waals surface area contributed by atoms with Crippen molar-refractivity contribution in [1.82, 2.24) is 4.90 Å². The molecule has 3 N–H and O–H groups in total. The van der Waals surface area contributed by atoms with E-state index in [4.69, 9.17) is 15.9 Å². The minimum atomic E-state index is 0.283. The number of hydrogen-bond acceptors (Lipinski definition) is 3. The maximum absolute atomic E-state index is 7.21. The monoisotopic (exact) mass is 213 g/mol. The van der Waals surface area contributed by atoms with Crippen molar-refractivity contribution in [2.24, 2.45) is 5.73 Å². The number of rotatable bonds is 8. The molecule has 0 aliphatic heterocycles. The predicted octanol–water partition coefficient (Wildman–Crippen LogP) is 1.20. The molecule has 0 unspecified atom stereocenters. The second-order valence-corrected chi connectivity index (χ2v) is 4.46. The van der Waals surface area contributed by atoms with Crippen LogP contribution in [0.15, 0.2) is 0 Å². The Balaban J connectivity index is 2.15. The van der Waals surface area contributed by atoms with E-state index < -0.39 is 0 Å². The minimum absolute atomic E-state index is 0.283. The van der Waals surface area contributed by atoms with Crippen LogP contribution in [-0.4, -0.2) is 42.6 Å². The van der Waals surface area contributed by atoms with Crippen molar-refractivity contribution in [3.8, 4) is 0 Å². The van der Waals surface area contributed by atoms with Crippen molar-refractivity contribution < 1.29 is 4.74 Å². The van der Waals surface area contributed by atoms with Crippen LogP contribution in [0.3, 0.4) is 0 Å². The highest BCUT2D eigenvalue weighted by Crippen LogP contribution is 2.26. The zero-order chi connectivity index (χ0) is 11.3. The first kappa shape index (κ1) is 12.5. The van der Waals surface area contributed by atoms with Crippen molar-refractivity contribution in [3.63, 3.8) is 0 Å². The number of ether oxygens (including phenoxy) is 1. The molecule has 1 aliphatic rings. The summed E-state index contributed by atoms with van der Waals surface area (Å²) in [5.74, 6) is 0.283. The highest BCUT2D eigenvalue weighted by atomic mass is 16.5. The van der Waals surface area contributed by atoms with E-state index >= 15 is 0 Å². The van der Waals surface area contributed by atoms with E-state index in [0.29, 0.717) is 12.5 Å². The van der Waals surface area contributed by atoms with E-state index in [1.165, 1.54) is 12.8 Å². The third-order valence-electron chi connectivity index (χ3n) is 2.56. The normalized spacial score (nSPS) is 16.3. The first-order chi connectivity index (χ1) is 7.09. The highest BCUT2D eigenvalue weighted by molar-refractivity contribution is 5.76. The maximum Gasteiger partial charge on any atom is 0.0918 e. The van der Waals surface area contributed by atoms with Gasteiger partial charge < -0.3 is 10.5 Å². The third kappa shape index (κ3) is 5.74. The van der Waals surface area contributed by atoms with Crippen LogP contribution in [0.5, 0.6) is 0 Å². The average Bonchev–Trinajstić information content (AvgIpc) is 2.93. The Morgan fingerprint density at radius 1 is 1.47 bits per heavy atom. The molecule has 1 fully saturated rings. The molecule has 1 rings (SSSR count). The molecular weight excluding hydrogens is 190 g/mol. The van der Waals surface area contributed by atoms with Gasteiger partial charge in [-0.05, 0) is 26.7 Å². The lowest BCUT2D eigenvalue weighted by molar-refractivity contribution is 0.0578. The van der Waals surface area contributed by atoms with Gasteiger partial charge in [0.15, 0.2) is 0 Å². The SMILES string of the molecule is CC(C)OCCN(CCC(=N)N)C1CC1. The molecule has 0 aromatic heterocycles. The topological polar surface area (TPSA) is 62.3 Å². The second-order valence-electron chi connectivity index (χ2n) is 4.46. The molecule has 0 bridgehead atoms. The average molecular weight is 213 g/mol. The molecular formula is C11H23N3O. The highest BCUT2D eigenvalue weighted by Gasteiger charge is 2.28. The Labute approximate surface area is 92.3 Å². The molecule has 0 atom stereocenters. The summed E-state index contributed by atoms with van der Waals surface area (Å²) in [6, 6.07) is 0.722. The van der Waals surface area contributed by atoms with Gasteiger partial charge in [-0.15, -0.1) is 0 Å². The van der Waals surface area contributed by atoms with E-state index in [1.807, 2.05) is 0 Å². The molecule has 0 aromatic rings. The number of nitrogens with two attached hydrogens (primary N) is 1. The van der Waals surface area contributed by atoms with Gasteiger partial charge in [0.25, 0.3) is 0 Å². The molecule has 0 amide bonds. The van der Waals surface area contributed by atoms with E-state index in [0.717, 1.165) is 25.7 Å². The van der Waals surface area contributed by atoms with Crippen LogP contribution in [0.2, 0.25) is 0 Å². The van der Waals surface area contributed by atoms with Crippen molar-refractivity contribution in [2.75, 3.05) is 19.7 Å². The van der Waals surface area contributed by atoms with Gasteiger partial charge in [0.2, 0.25) is 0 Å². The Bertz CT molecular complexity index is 202. The van der Waals surface area contributed by atoms with Crippen LogP contribution in [-0.2, 0) is 4.74 Å². The molecule has 0 heterocycles. The van der Waals surface area contributed by atoms with Crippen molar-refractivity contribution in [2.45, 2.75) is 45.3 Å². The number of amidine groups is 1. The van der Waals surface area contributed by atoms with Gasteiger partial charge in [0.05, 0.1) is 18.5 Å². The fourth-order valence-electron chi connectivity index (χ4n) is 1.59. The van der Waals surface area contributed by atoms with E-state index in [-0.39, 0.29) is 5.84 Å². The quantitative estimate of drug-likeness (QED) is 0.470. The van der Waals surface area contributed by atoms with Gasteiger partial charge in [0, 0.05) is 25.6 Å². The Hall–Kier alpha value is -0.610. The van der Waals surface area contributed by atoms with Gasteiger partial charge in [-0.2, -0.15) is 0 Å². The van der Waals surface area contributed by atoms with Gasteiger partial charge in [-0.1, -0.05) is 0 Å². The van der Waals surface area contributed by atoms with Crippen LogP contribution in [0, 0.1) is 5.41 Å². The Morgan fingerprint density at radius 2 is 2.13 bits per heavy atom. The summed E-state index contributed by atoms with van der Waals surface area (Å²) in [5, 5.41) is 7.21. The summed E-state index contributed by atoms with van der Waals surface area (Å²) < 4.78 is 5.53. The van der Waals surface area contributed by atoms with Gasteiger partial charge >= 0.3 is 0 Å². The summed E-state index contributed by atoms with van der Waals surface area (Å²) in [6.45, 7) is 6.76. The number of nitrogens with zero attached hydrogens (tertiary/aromatic N) is 1. The molecule has 0 aromatic carbocycles. The zero-order valence-electron chi connectivity index (χ0n) is 9.83. The fraction of sp³-hybridized carbons (Fsp3) is 0.909. The van der Waals surface area contributed by atoms with Gasteiger partial charge in [0.1, 0.15) is 0 Å². The van der Waals surface area contributed by atoms with E-state index in [2.05, 4.69) is 18.7 Å². The van der Waals surface area contributed by atoms with E-state index in [9.17, 15) is 0 Å². The standard InChI is InChI=1S/C11H23N3O/c1-9(2)15-8-7-14(10-3-4-10)6-5-11(12)13/h9-10H,3-8H2,1-2H3,(H3,12,13). The van der Waals surface area contributed by atoms with Crippen molar-refractivity contribution in [1.29, 1.82) is 5.41 Å². The van der Waals surface area contributed by atoms with Crippen molar-refractivity contribution in [3.05, 3.63) is 0 Å². The Kier molecular flexibility index (Phi) is 5.05. The predicted molar refractivity (Wildman–Crippen MR) is 62.2 cm³/mol. The van der Waals surface area contributed by atoms with Crippen LogP contribution >= 0.6 is 0 Å². The molecule has 0 saturated heterocycles. The number of nitrogens with one attached hydrogen (secondary N) is 1. The fourth-order valence-corrected chi connectivity index (χ4v) is 1.59. The molecule has 4 heteroatoms. The number of hydrogen-bond donors (Lipinski definition) is 2. The summed E-state index contributed by atoms with van der Waals surface area (Å²) >= 11 is 0. The lowest BCUT2D eigenvalue weighted by atomic mass is 10.3. The molecule has 0 radical (unpaired) electrons. The lowest BCUT2D eigenvalue weighted by Crippen LogP contribution is -2.33.